The van der Waals surface area contributed by atoms with Crippen LogP contribution in [0.3, 0.4) is 0 Å². The Hall–Kier alpha value is -2.95. The van der Waals surface area contributed by atoms with Crippen molar-refractivity contribution in [3.8, 4) is 0 Å². The van der Waals surface area contributed by atoms with Gasteiger partial charge in [0.25, 0.3) is 0 Å². The van der Waals surface area contributed by atoms with Gasteiger partial charge in [-0.1, -0.05) is 42.5 Å². The highest BCUT2D eigenvalue weighted by molar-refractivity contribution is 5.43. The van der Waals surface area contributed by atoms with Gasteiger partial charge in [0.05, 0.1) is 0 Å². The molecule has 0 bridgehead atoms. The number of halogens is 1. The molecule has 3 aromatic rings. The van der Waals surface area contributed by atoms with Gasteiger partial charge in [-0.05, 0) is 43.2 Å². The topological polar surface area (TPSA) is 41.1 Å². The number of hydrogen-bond donors (Lipinski definition) is 1. The predicted molar refractivity (Wildman–Crippen MR) is 104 cm³/mol. The average Bonchev–Trinajstić information content (AvgIpc) is 2.66. The molecule has 134 valence electrons. The van der Waals surface area contributed by atoms with Gasteiger partial charge in [0.2, 0.25) is 5.95 Å². The Morgan fingerprint density at radius 2 is 1.69 bits per heavy atom. The quantitative estimate of drug-likeness (QED) is 0.674. The van der Waals surface area contributed by atoms with E-state index in [1.807, 2.05) is 24.3 Å². The molecule has 0 aliphatic heterocycles. The van der Waals surface area contributed by atoms with Gasteiger partial charge in [0, 0.05) is 25.3 Å². The van der Waals surface area contributed by atoms with Crippen LogP contribution in [0.4, 0.5) is 16.2 Å². The van der Waals surface area contributed by atoms with Crippen LogP contribution >= 0.6 is 0 Å². The fourth-order valence-corrected chi connectivity index (χ4v) is 2.64. The fourth-order valence-electron chi connectivity index (χ4n) is 2.64. The fraction of sp³-hybridized carbons (Fsp3) is 0.238. The number of benzene rings is 2. The van der Waals surface area contributed by atoms with Gasteiger partial charge < -0.3 is 10.2 Å². The number of aromatic nitrogens is 2. The molecule has 1 aromatic heterocycles. The summed E-state index contributed by atoms with van der Waals surface area (Å²) in [6.07, 6.45) is 1.76. The molecule has 3 rings (SSSR count). The molecule has 0 atom stereocenters. The van der Waals surface area contributed by atoms with Crippen LogP contribution in [0.15, 0.2) is 66.9 Å². The molecule has 0 saturated carbocycles. The zero-order valence-corrected chi connectivity index (χ0v) is 15.1. The van der Waals surface area contributed by atoms with Crippen molar-refractivity contribution < 1.29 is 4.39 Å². The van der Waals surface area contributed by atoms with E-state index in [9.17, 15) is 4.39 Å². The van der Waals surface area contributed by atoms with Crippen molar-refractivity contribution >= 4 is 11.8 Å². The summed E-state index contributed by atoms with van der Waals surface area (Å²) < 4.78 is 13.0. The highest BCUT2D eigenvalue weighted by Gasteiger charge is 2.14. The van der Waals surface area contributed by atoms with Crippen molar-refractivity contribution in [2.75, 3.05) is 10.2 Å². The lowest BCUT2D eigenvalue weighted by atomic mass is 10.2. The number of hydrogen-bond acceptors (Lipinski definition) is 4. The standard InChI is InChI=1S/C21H23FN4/c1-16(2)26(15-18-6-4-3-5-7-18)21-23-13-12-20(25-21)24-14-17-8-10-19(22)11-9-17/h3-13,16H,14-15H2,1-2H3,(H,23,24,25). The minimum atomic E-state index is -0.230. The summed E-state index contributed by atoms with van der Waals surface area (Å²) in [5.41, 5.74) is 2.21. The molecular formula is C21H23FN4. The first-order valence-electron chi connectivity index (χ1n) is 8.74. The van der Waals surface area contributed by atoms with Crippen LogP contribution in [0.1, 0.15) is 25.0 Å². The molecule has 0 spiro atoms. The first kappa shape index (κ1) is 17.9. The Balaban J connectivity index is 1.72. The summed E-state index contributed by atoms with van der Waals surface area (Å²) in [5, 5.41) is 3.28. The summed E-state index contributed by atoms with van der Waals surface area (Å²) in [4.78, 5) is 11.3. The van der Waals surface area contributed by atoms with E-state index < -0.39 is 0 Å². The second-order valence-corrected chi connectivity index (χ2v) is 6.43. The predicted octanol–water partition coefficient (Wildman–Crippen LogP) is 4.64. The maximum atomic E-state index is 13.0. The SMILES string of the molecule is CC(C)N(Cc1ccccc1)c1nccc(NCc2ccc(F)cc2)n1. The second kappa shape index (κ2) is 8.43. The van der Waals surface area contributed by atoms with Gasteiger partial charge >= 0.3 is 0 Å². The molecule has 26 heavy (non-hydrogen) atoms. The van der Waals surface area contributed by atoms with E-state index in [4.69, 9.17) is 0 Å². The van der Waals surface area contributed by atoms with Gasteiger partial charge in [-0.3, -0.25) is 0 Å². The summed E-state index contributed by atoms with van der Waals surface area (Å²) >= 11 is 0. The van der Waals surface area contributed by atoms with Crippen LogP contribution in [-0.2, 0) is 13.1 Å². The summed E-state index contributed by atoms with van der Waals surface area (Å²) in [5.74, 6) is 1.21. The van der Waals surface area contributed by atoms with Crippen LogP contribution in [0.25, 0.3) is 0 Å². The Kier molecular flexibility index (Phi) is 5.79. The third kappa shape index (κ3) is 4.79. The van der Waals surface area contributed by atoms with Crippen molar-refractivity contribution in [1.82, 2.24) is 9.97 Å². The molecule has 0 fully saturated rings. The first-order valence-corrected chi connectivity index (χ1v) is 8.74. The molecule has 1 N–H and O–H groups in total. The van der Waals surface area contributed by atoms with Crippen LogP contribution < -0.4 is 10.2 Å². The Morgan fingerprint density at radius 3 is 2.38 bits per heavy atom. The highest BCUT2D eigenvalue weighted by atomic mass is 19.1. The molecule has 0 amide bonds. The van der Waals surface area contributed by atoms with E-state index in [0.29, 0.717) is 12.5 Å². The number of anilines is 2. The van der Waals surface area contributed by atoms with Gasteiger partial charge in [-0.25, -0.2) is 9.37 Å². The monoisotopic (exact) mass is 350 g/mol. The average molecular weight is 350 g/mol. The van der Waals surface area contributed by atoms with Crippen LogP contribution in [0, 0.1) is 5.82 Å². The van der Waals surface area contributed by atoms with Gasteiger partial charge in [0.15, 0.2) is 0 Å². The lowest BCUT2D eigenvalue weighted by molar-refractivity contribution is 0.627. The van der Waals surface area contributed by atoms with Crippen molar-refractivity contribution in [2.45, 2.75) is 33.0 Å². The molecule has 0 aliphatic carbocycles. The van der Waals surface area contributed by atoms with E-state index in [2.05, 4.69) is 46.2 Å². The lowest BCUT2D eigenvalue weighted by Gasteiger charge is -2.27. The van der Waals surface area contributed by atoms with Crippen LogP contribution in [0.5, 0.6) is 0 Å². The minimum absolute atomic E-state index is 0.230. The Morgan fingerprint density at radius 1 is 0.962 bits per heavy atom. The third-order valence-corrected chi connectivity index (χ3v) is 4.11. The zero-order chi connectivity index (χ0) is 18.4. The molecule has 5 heteroatoms. The first-order chi connectivity index (χ1) is 12.6. The van der Waals surface area contributed by atoms with E-state index >= 15 is 0 Å². The highest BCUT2D eigenvalue weighted by Crippen LogP contribution is 2.18. The molecule has 1 heterocycles. The molecule has 0 radical (unpaired) electrons. The van der Waals surface area contributed by atoms with E-state index in [1.165, 1.54) is 17.7 Å². The molecule has 4 nitrogen and oxygen atoms in total. The van der Waals surface area contributed by atoms with Crippen molar-refractivity contribution in [2.24, 2.45) is 0 Å². The molecule has 0 saturated heterocycles. The normalized spacial score (nSPS) is 10.8. The summed E-state index contributed by atoms with van der Waals surface area (Å²) in [7, 11) is 0. The molecular weight excluding hydrogens is 327 g/mol. The van der Waals surface area contributed by atoms with Gasteiger partial charge in [-0.2, -0.15) is 4.98 Å². The smallest absolute Gasteiger partial charge is 0.227 e. The van der Waals surface area contributed by atoms with Gasteiger partial charge in [-0.15, -0.1) is 0 Å². The van der Waals surface area contributed by atoms with Crippen molar-refractivity contribution in [3.63, 3.8) is 0 Å². The maximum absolute atomic E-state index is 13.0. The molecule has 0 aliphatic rings. The molecule has 2 aromatic carbocycles. The third-order valence-electron chi connectivity index (χ3n) is 4.11. The Bertz CT molecular complexity index is 819. The summed E-state index contributed by atoms with van der Waals surface area (Å²) in [6, 6.07) is 18.9. The zero-order valence-electron chi connectivity index (χ0n) is 15.1. The minimum Gasteiger partial charge on any atom is -0.366 e. The number of rotatable bonds is 7. The van der Waals surface area contributed by atoms with Gasteiger partial charge in [0.1, 0.15) is 11.6 Å². The largest absolute Gasteiger partial charge is 0.366 e. The van der Waals surface area contributed by atoms with Crippen molar-refractivity contribution in [1.29, 1.82) is 0 Å². The van der Waals surface area contributed by atoms with E-state index in [-0.39, 0.29) is 11.9 Å². The second-order valence-electron chi connectivity index (χ2n) is 6.43. The van der Waals surface area contributed by atoms with Crippen LogP contribution in [0.2, 0.25) is 0 Å². The maximum Gasteiger partial charge on any atom is 0.227 e. The Labute approximate surface area is 153 Å². The van der Waals surface area contributed by atoms with Crippen LogP contribution in [-0.4, -0.2) is 16.0 Å². The number of nitrogens with one attached hydrogen (secondary N) is 1. The number of nitrogens with zero attached hydrogens (tertiary/aromatic N) is 3. The molecule has 0 unspecified atom stereocenters. The van der Waals surface area contributed by atoms with Crippen molar-refractivity contribution in [3.05, 3.63) is 83.8 Å². The van der Waals surface area contributed by atoms with E-state index in [0.717, 1.165) is 17.9 Å². The van der Waals surface area contributed by atoms with E-state index in [1.54, 1.807) is 18.3 Å². The lowest BCUT2D eigenvalue weighted by Crippen LogP contribution is -2.31. The summed E-state index contributed by atoms with van der Waals surface area (Å²) in [6.45, 7) is 5.59.